The molecule has 22 heavy (non-hydrogen) atoms. The lowest BCUT2D eigenvalue weighted by atomic mass is 9.99. The van der Waals surface area contributed by atoms with E-state index in [2.05, 4.69) is 52.5 Å². The number of rotatable bonds is 5. The maximum Gasteiger partial charge on any atom is 0.0416 e. The van der Waals surface area contributed by atoms with Gasteiger partial charge in [-0.15, -0.1) is 0 Å². The highest BCUT2D eigenvalue weighted by molar-refractivity contribution is 5.45. The number of hydrogen-bond donors (Lipinski definition) is 1. The summed E-state index contributed by atoms with van der Waals surface area (Å²) in [6, 6.07) is 12.9. The molecule has 1 fully saturated rings. The minimum Gasteiger partial charge on any atom is -0.381 e. The average Bonchev–Trinajstić information content (AvgIpc) is 2.57. The lowest BCUT2D eigenvalue weighted by molar-refractivity contribution is 0.185. The van der Waals surface area contributed by atoms with Crippen LogP contribution in [0.3, 0.4) is 0 Å². The number of piperidine rings is 1. The number of aromatic nitrogens is 1. The van der Waals surface area contributed by atoms with Crippen LogP contribution >= 0.6 is 0 Å². The molecule has 2 aromatic rings. The number of anilines is 1. The van der Waals surface area contributed by atoms with Gasteiger partial charge in [0.15, 0.2) is 0 Å². The lowest BCUT2D eigenvalue weighted by Gasteiger charge is -2.30. The van der Waals surface area contributed by atoms with Crippen molar-refractivity contribution in [2.24, 2.45) is 5.92 Å². The third kappa shape index (κ3) is 4.31. The monoisotopic (exact) mass is 295 g/mol. The Morgan fingerprint density at radius 2 is 1.86 bits per heavy atom. The zero-order chi connectivity index (χ0) is 15.2. The van der Waals surface area contributed by atoms with Crippen molar-refractivity contribution in [3.63, 3.8) is 0 Å². The van der Waals surface area contributed by atoms with Gasteiger partial charge in [-0.05, 0) is 61.2 Å². The summed E-state index contributed by atoms with van der Waals surface area (Å²) in [6.45, 7) is 6.73. The molecule has 1 aromatic carbocycles. The summed E-state index contributed by atoms with van der Waals surface area (Å²) in [7, 11) is 0. The first-order chi connectivity index (χ1) is 10.8. The van der Waals surface area contributed by atoms with Gasteiger partial charge in [0.05, 0.1) is 0 Å². The minimum absolute atomic E-state index is 0.817. The van der Waals surface area contributed by atoms with Crippen molar-refractivity contribution in [3.05, 3.63) is 59.9 Å². The van der Waals surface area contributed by atoms with Gasteiger partial charge in [0.25, 0.3) is 0 Å². The number of nitrogens with one attached hydrogen (secondary N) is 1. The van der Waals surface area contributed by atoms with Crippen molar-refractivity contribution in [2.75, 3.05) is 18.4 Å². The molecule has 116 valence electrons. The quantitative estimate of drug-likeness (QED) is 0.906. The number of hydrogen-bond acceptors (Lipinski definition) is 3. The summed E-state index contributed by atoms with van der Waals surface area (Å²) in [6.07, 6.45) is 6.38. The molecule has 3 nitrogen and oxygen atoms in total. The van der Waals surface area contributed by atoms with Crippen LogP contribution in [-0.4, -0.2) is 23.0 Å². The molecular formula is C19H25N3. The van der Waals surface area contributed by atoms with Crippen molar-refractivity contribution < 1.29 is 0 Å². The molecule has 3 rings (SSSR count). The van der Waals surface area contributed by atoms with Crippen molar-refractivity contribution in [2.45, 2.75) is 32.9 Å². The largest absolute Gasteiger partial charge is 0.381 e. The number of benzene rings is 1. The maximum atomic E-state index is 4.14. The maximum absolute atomic E-state index is 4.14. The smallest absolute Gasteiger partial charge is 0.0416 e. The molecule has 0 unspecified atom stereocenters. The molecule has 1 aliphatic heterocycles. The summed E-state index contributed by atoms with van der Waals surface area (Å²) >= 11 is 0. The molecule has 3 heteroatoms. The second kappa shape index (κ2) is 7.41. The van der Waals surface area contributed by atoms with Crippen LogP contribution in [0.4, 0.5) is 5.69 Å². The molecule has 0 amide bonds. The first-order valence-electron chi connectivity index (χ1n) is 8.23. The fourth-order valence-electron chi connectivity index (χ4n) is 2.91. The van der Waals surface area contributed by atoms with Crippen molar-refractivity contribution in [3.8, 4) is 0 Å². The molecule has 0 radical (unpaired) electrons. The van der Waals surface area contributed by atoms with E-state index < -0.39 is 0 Å². The van der Waals surface area contributed by atoms with Crippen LogP contribution in [0.1, 0.15) is 30.9 Å². The highest BCUT2D eigenvalue weighted by Gasteiger charge is 2.15. The van der Waals surface area contributed by atoms with Gasteiger partial charge in [0, 0.05) is 31.2 Å². The van der Waals surface area contributed by atoms with Crippen LogP contribution in [0, 0.1) is 5.92 Å². The van der Waals surface area contributed by atoms with E-state index in [9.17, 15) is 0 Å². The Kier molecular flexibility index (Phi) is 5.07. The van der Waals surface area contributed by atoms with Gasteiger partial charge in [-0.1, -0.05) is 25.1 Å². The van der Waals surface area contributed by atoms with Crippen LogP contribution in [0.5, 0.6) is 0 Å². The van der Waals surface area contributed by atoms with E-state index in [1.54, 1.807) is 6.20 Å². The van der Waals surface area contributed by atoms with E-state index in [0.717, 1.165) is 19.0 Å². The first kappa shape index (κ1) is 15.0. The fourth-order valence-corrected chi connectivity index (χ4v) is 2.91. The predicted octanol–water partition coefficient (Wildman–Crippen LogP) is 3.93. The Hall–Kier alpha value is -1.87. The number of nitrogens with zero attached hydrogens (tertiary/aromatic N) is 2. The van der Waals surface area contributed by atoms with E-state index >= 15 is 0 Å². The summed E-state index contributed by atoms with van der Waals surface area (Å²) < 4.78 is 0. The van der Waals surface area contributed by atoms with Crippen LogP contribution in [0.25, 0.3) is 0 Å². The summed E-state index contributed by atoms with van der Waals surface area (Å²) in [5.74, 6) is 0.898. The summed E-state index contributed by atoms with van der Waals surface area (Å²) in [4.78, 5) is 6.70. The highest BCUT2D eigenvalue weighted by Crippen LogP contribution is 2.19. The Morgan fingerprint density at radius 3 is 2.55 bits per heavy atom. The molecule has 1 saturated heterocycles. The van der Waals surface area contributed by atoms with E-state index in [0.29, 0.717) is 0 Å². The molecule has 1 aliphatic rings. The molecule has 1 N–H and O–H groups in total. The Balaban J connectivity index is 1.50. The molecule has 0 aliphatic carbocycles. The summed E-state index contributed by atoms with van der Waals surface area (Å²) in [5.41, 5.74) is 3.77. The second-order valence-corrected chi connectivity index (χ2v) is 6.37. The van der Waals surface area contributed by atoms with E-state index in [1.807, 2.05) is 12.3 Å². The molecule has 0 saturated carbocycles. The number of pyridine rings is 1. The van der Waals surface area contributed by atoms with Crippen LogP contribution < -0.4 is 5.32 Å². The van der Waals surface area contributed by atoms with E-state index in [1.165, 1.54) is 42.7 Å². The Labute approximate surface area is 133 Å². The third-order valence-corrected chi connectivity index (χ3v) is 4.46. The minimum atomic E-state index is 0.817. The SMILES string of the molecule is CC1CCN(Cc2ccc(NCc3cccnc3)cc2)CC1. The summed E-state index contributed by atoms with van der Waals surface area (Å²) in [5, 5.41) is 3.44. The zero-order valence-corrected chi connectivity index (χ0v) is 13.3. The molecule has 0 spiro atoms. The van der Waals surface area contributed by atoms with Gasteiger partial charge in [-0.3, -0.25) is 9.88 Å². The fraction of sp³-hybridized carbons (Fsp3) is 0.421. The van der Waals surface area contributed by atoms with Gasteiger partial charge in [0.1, 0.15) is 0 Å². The standard InChI is InChI=1S/C19H25N3/c1-16-8-11-22(12-9-16)15-17-4-6-19(7-5-17)21-14-18-3-2-10-20-13-18/h2-7,10,13,16,21H,8-9,11-12,14-15H2,1H3. The van der Waals surface area contributed by atoms with Gasteiger partial charge >= 0.3 is 0 Å². The molecule has 0 bridgehead atoms. The van der Waals surface area contributed by atoms with Gasteiger partial charge in [-0.25, -0.2) is 0 Å². The van der Waals surface area contributed by atoms with E-state index in [4.69, 9.17) is 0 Å². The van der Waals surface area contributed by atoms with Crippen molar-refractivity contribution in [1.29, 1.82) is 0 Å². The lowest BCUT2D eigenvalue weighted by Crippen LogP contribution is -2.32. The molecule has 1 aromatic heterocycles. The van der Waals surface area contributed by atoms with Crippen LogP contribution in [-0.2, 0) is 13.1 Å². The average molecular weight is 295 g/mol. The van der Waals surface area contributed by atoms with Crippen LogP contribution in [0.15, 0.2) is 48.8 Å². The third-order valence-electron chi connectivity index (χ3n) is 4.46. The first-order valence-corrected chi connectivity index (χ1v) is 8.23. The van der Waals surface area contributed by atoms with E-state index in [-0.39, 0.29) is 0 Å². The van der Waals surface area contributed by atoms with Crippen LogP contribution in [0.2, 0.25) is 0 Å². The topological polar surface area (TPSA) is 28.2 Å². The highest BCUT2D eigenvalue weighted by atomic mass is 15.1. The molecular weight excluding hydrogens is 270 g/mol. The van der Waals surface area contributed by atoms with Crippen molar-refractivity contribution >= 4 is 5.69 Å². The Morgan fingerprint density at radius 1 is 1.09 bits per heavy atom. The number of likely N-dealkylation sites (tertiary alicyclic amines) is 1. The predicted molar refractivity (Wildman–Crippen MR) is 91.7 cm³/mol. The van der Waals surface area contributed by atoms with Gasteiger partial charge in [-0.2, -0.15) is 0 Å². The molecule has 0 atom stereocenters. The molecule has 2 heterocycles. The Bertz CT molecular complexity index is 557. The zero-order valence-electron chi connectivity index (χ0n) is 13.3. The second-order valence-electron chi connectivity index (χ2n) is 6.37. The normalized spacial score (nSPS) is 16.6. The van der Waals surface area contributed by atoms with Crippen molar-refractivity contribution in [1.82, 2.24) is 9.88 Å². The van der Waals surface area contributed by atoms with Gasteiger partial charge in [0.2, 0.25) is 0 Å². The van der Waals surface area contributed by atoms with Gasteiger partial charge < -0.3 is 5.32 Å².